The predicted octanol–water partition coefficient (Wildman–Crippen LogP) is 3.90. The van der Waals surface area contributed by atoms with Crippen molar-refractivity contribution in [2.24, 2.45) is 5.92 Å². The lowest BCUT2D eigenvalue weighted by Crippen LogP contribution is -2.31. The van der Waals surface area contributed by atoms with Crippen LogP contribution in [0.25, 0.3) is 0 Å². The lowest BCUT2D eigenvalue weighted by Gasteiger charge is -2.31. The summed E-state index contributed by atoms with van der Waals surface area (Å²) >= 11 is 5.45. The molecular formula is C13H20BrNOS. The van der Waals surface area contributed by atoms with Gasteiger partial charge in [0.15, 0.2) is 0 Å². The normalized spacial score (nSPS) is 25.1. The Morgan fingerprint density at radius 2 is 2.41 bits per heavy atom. The largest absolute Gasteiger partial charge is 0.372 e. The van der Waals surface area contributed by atoms with Crippen molar-refractivity contribution >= 4 is 27.3 Å². The van der Waals surface area contributed by atoms with E-state index in [1.54, 1.807) is 0 Å². The molecule has 2 heterocycles. The highest BCUT2D eigenvalue weighted by atomic mass is 79.9. The number of nitrogens with one attached hydrogen (secondary N) is 1. The van der Waals surface area contributed by atoms with E-state index in [4.69, 9.17) is 4.74 Å². The third kappa shape index (κ3) is 3.31. The van der Waals surface area contributed by atoms with Gasteiger partial charge in [-0.25, -0.2) is 0 Å². The van der Waals surface area contributed by atoms with Crippen LogP contribution in [0.15, 0.2) is 10.5 Å². The van der Waals surface area contributed by atoms with Gasteiger partial charge in [-0.1, -0.05) is 6.92 Å². The molecule has 0 amide bonds. The van der Waals surface area contributed by atoms with E-state index in [2.05, 4.69) is 41.2 Å². The molecule has 4 heteroatoms. The maximum Gasteiger partial charge on any atom is 0.0957 e. The smallest absolute Gasteiger partial charge is 0.0957 e. The van der Waals surface area contributed by atoms with Gasteiger partial charge in [-0.3, -0.25) is 0 Å². The first-order valence-electron chi connectivity index (χ1n) is 6.30. The number of ether oxygens (including phenoxy) is 1. The van der Waals surface area contributed by atoms with E-state index >= 15 is 0 Å². The highest BCUT2D eigenvalue weighted by Gasteiger charge is 2.28. The Labute approximate surface area is 116 Å². The Bertz CT molecular complexity index is 347. The van der Waals surface area contributed by atoms with Crippen LogP contribution >= 0.6 is 27.3 Å². The van der Waals surface area contributed by atoms with E-state index in [1.165, 1.54) is 27.1 Å². The molecule has 1 saturated heterocycles. The van der Waals surface area contributed by atoms with Gasteiger partial charge in [-0.15, -0.1) is 11.3 Å². The van der Waals surface area contributed by atoms with Crippen molar-refractivity contribution in [1.82, 2.24) is 5.32 Å². The molecule has 1 aliphatic heterocycles. The summed E-state index contributed by atoms with van der Waals surface area (Å²) in [7, 11) is 0. The highest BCUT2D eigenvalue weighted by Crippen LogP contribution is 2.39. The molecule has 2 rings (SSSR count). The van der Waals surface area contributed by atoms with Crippen LogP contribution in [0, 0.1) is 12.8 Å². The van der Waals surface area contributed by atoms with Crippen molar-refractivity contribution < 1.29 is 4.74 Å². The summed E-state index contributed by atoms with van der Waals surface area (Å²) in [4.78, 5) is 2.72. The van der Waals surface area contributed by atoms with Gasteiger partial charge in [-0.05, 0) is 48.3 Å². The second-order valence-electron chi connectivity index (χ2n) is 4.55. The molecule has 96 valence electrons. The van der Waals surface area contributed by atoms with Gasteiger partial charge in [0.2, 0.25) is 0 Å². The van der Waals surface area contributed by atoms with E-state index in [-0.39, 0.29) is 6.10 Å². The number of hydrogen-bond acceptors (Lipinski definition) is 3. The maximum atomic E-state index is 5.99. The van der Waals surface area contributed by atoms with Crippen LogP contribution in [0.1, 0.15) is 35.6 Å². The Morgan fingerprint density at radius 3 is 3.06 bits per heavy atom. The minimum absolute atomic E-state index is 0.290. The maximum absolute atomic E-state index is 5.99. The van der Waals surface area contributed by atoms with Gasteiger partial charge >= 0.3 is 0 Å². The molecule has 0 aliphatic carbocycles. The van der Waals surface area contributed by atoms with Crippen LogP contribution < -0.4 is 5.32 Å². The molecule has 1 aromatic rings. The van der Waals surface area contributed by atoms with Crippen LogP contribution in [0.2, 0.25) is 0 Å². The Balaban J connectivity index is 2.09. The second kappa shape index (κ2) is 6.32. The fourth-order valence-corrected chi connectivity index (χ4v) is 4.02. The Kier molecular flexibility index (Phi) is 5.03. The molecule has 17 heavy (non-hydrogen) atoms. The van der Waals surface area contributed by atoms with Gasteiger partial charge in [0.05, 0.1) is 6.10 Å². The first kappa shape index (κ1) is 13.5. The zero-order valence-electron chi connectivity index (χ0n) is 10.5. The first-order valence-corrected chi connectivity index (χ1v) is 7.91. The molecule has 0 radical (unpaired) electrons. The molecule has 0 spiro atoms. The molecule has 1 fully saturated rings. The van der Waals surface area contributed by atoms with Crippen molar-refractivity contribution in [3.8, 4) is 0 Å². The van der Waals surface area contributed by atoms with Gasteiger partial charge in [-0.2, -0.15) is 0 Å². The Morgan fingerprint density at radius 1 is 1.59 bits per heavy atom. The van der Waals surface area contributed by atoms with Crippen molar-refractivity contribution in [3.63, 3.8) is 0 Å². The zero-order valence-corrected chi connectivity index (χ0v) is 12.9. The fourth-order valence-electron chi connectivity index (χ4n) is 2.32. The van der Waals surface area contributed by atoms with Crippen molar-refractivity contribution in [2.75, 3.05) is 19.7 Å². The number of thiophene rings is 1. The number of hydrogen-bond donors (Lipinski definition) is 1. The molecular weight excluding hydrogens is 298 g/mol. The van der Waals surface area contributed by atoms with Crippen LogP contribution in [-0.4, -0.2) is 19.7 Å². The number of rotatable bonds is 4. The van der Waals surface area contributed by atoms with Gasteiger partial charge in [0.25, 0.3) is 0 Å². The van der Waals surface area contributed by atoms with E-state index in [9.17, 15) is 0 Å². The van der Waals surface area contributed by atoms with Gasteiger partial charge < -0.3 is 10.1 Å². The third-order valence-corrected chi connectivity index (χ3v) is 5.46. The molecule has 0 aromatic carbocycles. The first-order chi connectivity index (χ1) is 8.22. The fraction of sp³-hybridized carbons (Fsp3) is 0.692. The lowest BCUT2D eigenvalue weighted by atomic mass is 9.93. The summed E-state index contributed by atoms with van der Waals surface area (Å²) in [6.07, 6.45) is 2.75. The quantitative estimate of drug-likeness (QED) is 0.909. The lowest BCUT2D eigenvalue weighted by molar-refractivity contribution is -0.0254. The van der Waals surface area contributed by atoms with Gasteiger partial charge in [0, 0.05) is 33.3 Å². The summed E-state index contributed by atoms with van der Waals surface area (Å²) in [5.41, 5.74) is 0. The van der Waals surface area contributed by atoms with Crippen LogP contribution in [0.5, 0.6) is 0 Å². The molecule has 2 unspecified atom stereocenters. The second-order valence-corrected chi connectivity index (χ2v) is 6.70. The third-order valence-electron chi connectivity index (χ3n) is 3.26. The van der Waals surface area contributed by atoms with Gasteiger partial charge in [0.1, 0.15) is 0 Å². The molecule has 1 aromatic heterocycles. The standard InChI is InChI=1S/C13H20BrNOS/c1-3-15-8-10-5-4-6-16-13(10)12-7-11(14)9(2)17-12/h7,10,13,15H,3-6,8H2,1-2H3. The summed E-state index contributed by atoms with van der Waals surface area (Å²) in [5, 5.41) is 3.45. The average molecular weight is 318 g/mol. The topological polar surface area (TPSA) is 21.3 Å². The minimum atomic E-state index is 0.290. The number of halogens is 1. The molecule has 2 nitrogen and oxygen atoms in total. The molecule has 0 saturated carbocycles. The van der Waals surface area contributed by atoms with Crippen molar-refractivity contribution in [3.05, 3.63) is 20.3 Å². The average Bonchev–Trinajstić information content (AvgIpc) is 2.67. The SMILES string of the molecule is CCNCC1CCCOC1c1cc(Br)c(C)s1. The van der Waals surface area contributed by atoms with E-state index < -0.39 is 0 Å². The molecule has 2 atom stereocenters. The highest BCUT2D eigenvalue weighted by molar-refractivity contribution is 9.10. The summed E-state index contributed by atoms with van der Waals surface area (Å²) in [6, 6.07) is 2.23. The van der Waals surface area contributed by atoms with Crippen molar-refractivity contribution in [2.45, 2.75) is 32.8 Å². The van der Waals surface area contributed by atoms with Crippen LogP contribution in [0.3, 0.4) is 0 Å². The Hall–Kier alpha value is 0.1000. The summed E-state index contributed by atoms with van der Waals surface area (Å²) in [6.45, 7) is 7.32. The van der Waals surface area contributed by atoms with Crippen LogP contribution in [0.4, 0.5) is 0 Å². The van der Waals surface area contributed by atoms with E-state index in [0.29, 0.717) is 5.92 Å². The monoisotopic (exact) mass is 317 g/mol. The summed E-state index contributed by atoms with van der Waals surface area (Å²) in [5.74, 6) is 0.619. The molecule has 0 bridgehead atoms. The van der Waals surface area contributed by atoms with Crippen molar-refractivity contribution in [1.29, 1.82) is 0 Å². The molecule has 1 N–H and O–H groups in total. The minimum Gasteiger partial charge on any atom is -0.372 e. The zero-order chi connectivity index (χ0) is 12.3. The number of aryl methyl sites for hydroxylation is 1. The molecule has 1 aliphatic rings. The van der Waals surface area contributed by atoms with E-state index in [0.717, 1.165) is 19.7 Å². The summed E-state index contributed by atoms with van der Waals surface area (Å²) < 4.78 is 7.21. The van der Waals surface area contributed by atoms with E-state index in [1.807, 2.05) is 11.3 Å². The predicted molar refractivity (Wildman–Crippen MR) is 76.7 cm³/mol. The van der Waals surface area contributed by atoms with Crippen LogP contribution in [-0.2, 0) is 4.74 Å².